The molecule has 0 radical (unpaired) electrons. The number of hydrogen-bond acceptors (Lipinski definition) is 9. The molecule has 0 spiro atoms. The van der Waals surface area contributed by atoms with Gasteiger partial charge in [0.1, 0.15) is 30.4 Å². The van der Waals surface area contributed by atoms with Gasteiger partial charge in [-0.05, 0) is 0 Å². The van der Waals surface area contributed by atoms with E-state index >= 15 is 0 Å². The van der Waals surface area contributed by atoms with Crippen LogP contribution in [0.25, 0.3) is 0 Å². The summed E-state index contributed by atoms with van der Waals surface area (Å²) in [5.74, 6) is -2.04. The van der Waals surface area contributed by atoms with Gasteiger partial charge < -0.3 is 24.7 Å². The highest BCUT2D eigenvalue weighted by Crippen LogP contribution is 2.35. The van der Waals surface area contributed by atoms with Crippen LogP contribution in [0.1, 0.15) is 27.7 Å². The van der Waals surface area contributed by atoms with E-state index in [0.717, 1.165) is 11.8 Å². The van der Waals surface area contributed by atoms with Gasteiger partial charge in [-0.1, -0.05) is 18.7 Å². The minimum absolute atomic E-state index is 0. The normalized spacial score (nSPS) is 28.2. The van der Waals surface area contributed by atoms with Crippen molar-refractivity contribution >= 4 is 51.8 Å². The number of halogens is 1. The fraction of sp³-hybridized carbons (Fsp3) is 0.714. The highest BCUT2D eigenvalue weighted by molar-refractivity contribution is 8.93. The number of hydrogen-bond donors (Lipinski definition) is 2. The van der Waals surface area contributed by atoms with Crippen LogP contribution >= 0.6 is 28.7 Å². The van der Waals surface area contributed by atoms with Crippen LogP contribution in [0, 0.1) is 11.3 Å². The van der Waals surface area contributed by atoms with Crippen LogP contribution in [-0.4, -0.2) is 53.4 Å². The lowest BCUT2D eigenvalue weighted by Gasteiger charge is -2.43. The fourth-order valence-electron chi connectivity index (χ4n) is 2.38. The van der Waals surface area contributed by atoms with E-state index in [2.05, 4.69) is 0 Å². The molecule has 0 aliphatic carbocycles. The molecule has 3 N–H and O–H groups in total. The molecule has 0 aromatic carbocycles. The molecule has 25 heavy (non-hydrogen) atoms. The Morgan fingerprint density at radius 3 is 2.04 bits per heavy atom. The Labute approximate surface area is 160 Å². The summed E-state index contributed by atoms with van der Waals surface area (Å²) in [5.41, 5.74) is 4.62. The predicted octanol–water partition coefficient (Wildman–Crippen LogP) is 0.978. The van der Waals surface area contributed by atoms with Gasteiger partial charge in [-0.3, -0.25) is 19.8 Å². The number of amidine groups is 1. The number of ether oxygens (including phenoxy) is 4. The molecule has 0 saturated carbocycles. The minimum atomic E-state index is -0.784. The van der Waals surface area contributed by atoms with Gasteiger partial charge in [0.25, 0.3) is 0 Å². The maximum absolute atomic E-state index is 11.4. The second-order valence-corrected chi connectivity index (χ2v) is 6.47. The Bertz CT molecular complexity index is 517. The summed E-state index contributed by atoms with van der Waals surface area (Å²) in [6.45, 7) is 5.31. The van der Waals surface area contributed by atoms with Gasteiger partial charge in [0.2, 0.25) is 0 Å². The molecule has 1 aliphatic rings. The van der Waals surface area contributed by atoms with E-state index in [1.165, 1.54) is 20.8 Å². The molecule has 1 aliphatic heterocycles. The molecule has 5 atom stereocenters. The van der Waals surface area contributed by atoms with E-state index in [9.17, 15) is 14.4 Å². The average molecular weight is 443 g/mol. The van der Waals surface area contributed by atoms with Crippen LogP contribution in [-0.2, 0) is 33.3 Å². The maximum Gasteiger partial charge on any atom is 0.303 e. The molecule has 1 saturated heterocycles. The first-order valence-electron chi connectivity index (χ1n) is 7.25. The second kappa shape index (κ2) is 10.6. The first kappa shape index (κ1) is 23.7. The molecule has 0 aromatic rings. The SMILES string of the molecule is Br.CC(=O)OCC1OC(SC(=N)N)C(OC(C)=O)C(C)C1OC(C)=O. The zero-order valence-corrected chi connectivity index (χ0v) is 16.9. The molecule has 9 nitrogen and oxygen atoms in total. The summed E-state index contributed by atoms with van der Waals surface area (Å²) in [7, 11) is 0. The van der Waals surface area contributed by atoms with Crippen LogP contribution < -0.4 is 5.73 Å². The van der Waals surface area contributed by atoms with Crippen LogP contribution in [0.5, 0.6) is 0 Å². The summed E-state index contributed by atoms with van der Waals surface area (Å²) >= 11 is 0.869. The summed E-state index contributed by atoms with van der Waals surface area (Å²) in [5, 5.41) is 7.20. The average Bonchev–Trinajstić information content (AvgIpc) is 2.42. The van der Waals surface area contributed by atoms with E-state index in [1.807, 2.05) is 0 Å². The van der Waals surface area contributed by atoms with Crippen molar-refractivity contribution in [2.24, 2.45) is 11.7 Å². The van der Waals surface area contributed by atoms with Gasteiger partial charge >= 0.3 is 17.9 Å². The molecule has 1 rings (SSSR count). The third-order valence-electron chi connectivity index (χ3n) is 3.28. The van der Waals surface area contributed by atoms with Gasteiger partial charge in [0, 0.05) is 26.7 Å². The molecular formula is C14H23BrN2O7S. The summed E-state index contributed by atoms with van der Waals surface area (Å²) in [6.07, 6.45) is -2.33. The zero-order chi connectivity index (χ0) is 18.4. The molecule has 11 heteroatoms. The molecule has 5 unspecified atom stereocenters. The van der Waals surface area contributed by atoms with E-state index in [-0.39, 0.29) is 28.8 Å². The summed E-state index contributed by atoms with van der Waals surface area (Å²) < 4.78 is 21.2. The van der Waals surface area contributed by atoms with Crippen molar-refractivity contribution in [2.45, 2.75) is 51.4 Å². The number of nitrogens with one attached hydrogen (secondary N) is 1. The van der Waals surface area contributed by atoms with Crippen LogP contribution in [0.15, 0.2) is 0 Å². The van der Waals surface area contributed by atoms with Crippen molar-refractivity contribution in [3.05, 3.63) is 0 Å². The third-order valence-corrected chi connectivity index (χ3v) is 4.14. The van der Waals surface area contributed by atoms with Gasteiger partial charge in [-0.2, -0.15) is 0 Å². The largest absolute Gasteiger partial charge is 0.463 e. The molecule has 0 bridgehead atoms. The van der Waals surface area contributed by atoms with Crippen LogP contribution in [0.2, 0.25) is 0 Å². The summed E-state index contributed by atoms with van der Waals surface area (Å²) in [4.78, 5) is 33.8. The van der Waals surface area contributed by atoms with Gasteiger partial charge in [-0.25, -0.2) is 0 Å². The van der Waals surface area contributed by atoms with Crippen LogP contribution in [0.4, 0.5) is 0 Å². The molecule has 0 aromatic heterocycles. The molecule has 1 fully saturated rings. The Morgan fingerprint density at radius 1 is 1.08 bits per heavy atom. The number of carbonyl (C=O) groups excluding carboxylic acids is 3. The Morgan fingerprint density at radius 2 is 1.60 bits per heavy atom. The number of esters is 3. The number of thioether (sulfide) groups is 1. The Hall–Kier alpha value is -1.33. The van der Waals surface area contributed by atoms with Gasteiger partial charge in [0.15, 0.2) is 5.17 Å². The lowest BCUT2D eigenvalue weighted by molar-refractivity contribution is -0.211. The van der Waals surface area contributed by atoms with E-state index in [0.29, 0.717) is 0 Å². The minimum Gasteiger partial charge on any atom is -0.463 e. The van der Waals surface area contributed by atoms with E-state index in [1.54, 1.807) is 6.92 Å². The zero-order valence-electron chi connectivity index (χ0n) is 14.3. The Balaban J connectivity index is 0.00000576. The molecular weight excluding hydrogens is 420 g/mol. The number of nitrogens with two attached hydrogens (primary N) is 1. The number of carbonyl (C=O) groups is 3. The number of rotatable bonds is 5. The van der Waals surface area contributed by atoms with Crippen molar-refractivity contribution in [1.82, 2.24) is 0 Å². The lowest BCUT2D eigenvalue weighted by atomic mass is 9.91. The van der Waals surface area contributed by atoms with Crippen molar-refractivity contribution in [3.63, 3.8) is 0 Å². The Kier molecular flexibility index (Phi) is 10.0. The quantitative estimate of drug-likeness (QED) is 0.276. The lowest BCUT2D eigenvalue weighted by Crippen LogP contribution is -2.56. The third kappa shape index (κ3) is 7.61. The van der Waals surface area contributed by atoms with Crippen molar-refractivity contribution < 1.29 is 33.3 Å². The standard InChI is InChI=1S/C14H22N2O7S.BrH/c1-6-11(21-8(3)18)10(5-20-7(2)17)23-13(24-14(15)16)12(6)22-9(4)19;/h6,10-13H,5H2,1-4H3,(H3,15,16);1H. The highest BCUT2D eigenvalue weighted by atomic mass is 79.9. The first-order valence-corrected chi connectivity index (χ1v) is 8.13. The molecule has 144 valence electrons. The fourth-order valence-corrected chi connectivity index (χ4v) is 3.27. The monoisotopic (exact) mass is 442 g/mol. The summed E-state index contributed by atoms with van der Waals surface area (Å²) in [6, 6.07) is 0. The van der Waals surface area contributed by atoms with Crippen molar-refractivity contribution in [1.29, 1.82) is 5.41 Å². The molecule has 1 heterocycles. The van der Waals surface area contributed by atoms with Crippen molar-refractivity contribution in [2.75, 3.05) is 6.61 Å². The first-order chi connectivity index (χ1) is 11.1. The van der Waals surface area contributed by atoms with Crippen molar-refractivity contribution in [3.8, 4) is 0 Å². The maximum atomic E-state index is 11.4. The van der Waals surface area contributed by atoms with E-state index < -0.39 is 47.6 Å². The topological polar surface area (TPSA) is 138 Å². The van der Waals surface area contributed by atoms with E-state index in [4.69, 9.17) is 30.1 Å². The molecule has 0 amide bonds. The predicted molar refractivity (Wildman–Crippen MR) is 95.4 cm³/mol. The van der Waals surface area contributed by atoms with Gasteiger partial charge in [-0.15, -0.1) is 17.0 Å². The van der Waals surface area contributed by atoms with Gasteiger partial charge in [0.05, 0.1) is 0 Å². The second-order valence-electron chi connectivity index (χ2n) is 5.33. The highest BCUT2D eigenvalue weighted by Gasteiger charge is 2.48. The smallest absolute Gasteiger partial charge is 0.303 e. The van der Waals surface area contributed by atoms with Crippen LogP contribution in [0.3, 0.4) is 0 Å².